The molecule has 0 aliphatic carbocycles. The second kappa shape index (κ2) is 16.4. The molecule has 2 amide bonds. The summed E-state index contributed by atoms with van der Waals surface area (Å²) in [4.78, 5) is 40.4. The number of carbonyl (C=O) groups excluding carboxylic acids is 3. The number of piperidine rings is 2. The minimum atomic E-state index is -0.436. The Morgan fingerprint density at radius 3 is 2.35 bits per heavy atom. The van der Waals surface area contributed by atoms with Crippen molar-refractivity contribution in [2.45, 2.75) is 38.6 Å². The number of ether oxygens (including phenoxy) is 2. The SMILES string of the molecule is COc1cc(CN2CCC(C(N)=O)CC2)ccc1C(=O)CNCCOC(=O)N(c1ccccc1-c1ccccc1)N1CCCCC1. The fraction of sp³-hybridized carbons (Fsp3) is 0.417. The van der Waals surface area contributed by atoms with Crippen LogP contribution in [0.25, 0.3) is 11.1 Å². The zero-order chi connectivity index (χ0) is 32.3. The van der Waals surface area contributed by atoms with Gasteiger partial charge in [-0.05, 0) is 68.1 Å². The van der Waals surface area contributed by atoms with E-state index >= 15 is 0 Å². The normalized spacial score (nSPS) is 16.1. The lowest BCUT2D eigenvalue weighted by Gasteiger charge is -2.37. The van der Waals surface area contributed by atoms with Gasteiger partial charge in [0.2, 0.25) is 5.91 Å². The molecule has 0 saturated carbocycles. The van der Waals surface area contributed by atoms with E-state index in [2.05, 4.69) is 15.2 Å². The number of primary amides is 1. The molecule has 5 rings (SSSR count). The monoisotopic (exact) mass is 627 g/mol. The maximum absolute atomic E-state index is 13.6. The molecule has 2 heterocycles. The Balaban J connectivity index is 1.14. The lowest BCUT2D eigenvalue weighted by Crippen LogP contribution is -2.50. The van der Waals surface area contributed by atoms with Gasteiger partial charge in [0.15, 0.2) is 5.78 Å². The number of nitrogens with two attached hydrogens (primary N) is 1. The van der Waals surface area contributed by atoms with E-state index in [0.29, 0.717) is 24.4 Å². The average molecular weight is 628 g/mol. The number of hydrazine groups is 1. The number of nitrogens with zero attached hydrogens (tertiary/aromatic N) is 3. The van der Waals surface area contributed by atoms with Crippen molar-refractivity contribution in [3.05, 3.63) is 83.9 Å². The molecule has 244 valence electrons. The third kappa shape index (κ3) is 8.51. The van der Waals surface area contributed by atoms with Crippen molar-refractivity contribution in [1.82, 2.24) is 15.2 Å². The molecular formula is C36H45N5O5. The summed E-state index contributed by atoms with van der Waals surface area (Å²) in [7, 11) is 1.56. The van der Waals surface area contributed by atoms with Crippen LogP contribution in [0.2, 0.25) is 0 Å². The van der Waals surface area contributed by atoms with Gasteiger partial charge in [0.05, 0.1) is 24.9 Å². The van der Waals surface area contributed by atoms with Gasteiger partial charge in [-0.3, -0.25) is 14.5 Å². The van der Waals surface area contributed by atoms with Crippen molar-refractivity contribution < 1.29 is 23.9 Å². The Bertz CT molecular complexity index is 1470. The number of anilines is 1. The number of Topliss-reactive ketones (excluding diaryl/α,β-unsaturated/α-hetero) is 1. The molecule has 3 aromatic rings. The van der Waals surface area contributed by atoms with Gasteiger partial charge in [0, 0.05) is 37.7 Å². The maximum Gasteiger partial charge on any atom is 0.429 e. The first kappa shape index (κ1) is 33.1. The van der Waals surface area contributed by atoms with Crippen molar-refractivity contribution in [3.8, 4) is 16.9 Å². The molecule has 3 N–H and O–H groups in total. The van der Waals surface area contributed by atoms with Gasteiger partial charge in [-0.1, -0.05) is 61.0 Å². The average Bonchev–Trinajstić information content (AvgIpc) is 3.09. The predicted octanol–water partition coefficient (Wildman–Crippen LogP) is 4.88. The van der Waals surface area contributed by atoms with Crippen LogP contribution in [0.4, 0.5) is 10.5 Å². The molecule has 2 aliphatic heterocycles. The van der Waals surface area contributed by atoms with Gasteiger partial charge in [0.25, 0.3) is 0 Å². The highest BCUT2D eigenvalue weighted by molar-refractivity contribution is 6.00. The van der Waals surface area contributed by atoms with Crippen LogP contribution < -0.4 is 20.8 Å². The first-order chi connectivity index (χ1) is 22.4. The van der Waals surface area contributed by atoms with Crippen molar-refractivity contribution in [2.24, 2.45) is 11.7 Å². The van der Waals surface area contributed by atoms with Crippen molar-refractivity contribution in [2.75, 3.05) is 58.0 Å². The Kier molecular flexibility index (Phi) is 11.8. The first-order valence-electron chi connectivity index (χ1n) is 16.2. The third-order valence-corrected chi connectivity index (χ3v) is 8.76. The first-order valence-corrected chi connectivity index (χ1v) is 16.2. The third-order valence-electron chi connectivity index (χ3n) is 8.76. The topological polar surface area (TPSA) is 117 Å². The molecule has 2 saturated heterocycles. The molecule has 3 aromatic carbocycles. The molecule has 0 bridgehead atoms. The zero-order valence-corrected chi connectivity index (χ0v) is 26.7. The summed E-state index contributed by atoms with van der Waals surface area (Å²) in [6, 6.07) is 23.6. The Morgan fingerprint density at radius 2 is 1.63 bits per heavy atom. The van der Waals surface area contributed by atoms with Gasteiger partial charge >= 0.3 is 6.09 Å². The Hall–Kier alpha value is -4.25. The fourth-order valence-electron chi connectivity index (χ4n) is 6.23. The second-order valence-electron chi connectivity index (χ2n) is 11.9. The number of para-hydroxylation sites is 1. The summed E-state index contributed by atoms with van der Waals surface area (Å²) in [6.45, 7) is 4.41. The van der Waals surface area contributed by atoms with Crippen LogP contribution in [0.1, 0.15) is 48.0 Å². The number of amides is 2. The van der Waals surface area contributed by atoms with Crippen molar-refractivity contribution >= 4 is 23.5 Å². The molecule has 46 heavy (non-hydrogen) atoms. The van der Waals surface area contributed by atoms with Crippen LogP contribution in [-0.2, 0) is 16.1 Å². The number of benzene rings is 3. The van der Waals surface area contributed by atoms with Gasteiger partial charge in [-0.25, -0.2) is 14.8 Å². The number of ketones is 1. The number of hydrogen-bond acceptors (Lipinski definition) is 8. The number of likely N-dealkylation sites (tertiary alicyclic amines) is 1. The Morgan fingerprint density at radius 1 is 0.913 bits per heavy atom. The van der Waals surface area contributed by atoms with Crippen LogP contribution in [0.3, 0.4) is 0 Å². The lowest BCUT2D eigenvalue weighted by atomic mass is 9.96. The molecule has 0 atom stereocenters. The highest BCUT2D eigenvalue weighted by Crippen LogP contribution is 2.33. The van der Waals surface area contributed by atoms with Crippen LogP contribution in [0, 0.1) is 5.92 Å². The summed E-state index contributed by atoms with van der Waals surface area (Å²) < 4.78 is 11.3. The van der Waals surface area contributed by atoms with Crippen LogP contribution in [0.15, 0.2) is 72.8 Å². The molecule has 0 aromatic heterocycles. The molecule has 10 heteroatoms. The van der Waals surface area contributed by atoms with Crippen LogP contribution in [0.5, 0.6) is 5.75 Å². The van der Waals surface area contributed by atoms with E-state index in [-0.39, 0.29) is 30.8 Å². The van der Waals surface area contributed by atoms with Crippen LogP contribution in [-0.4, -0.2) is 80.7 Å². The summed E-state index contributed by atoms with van der Waals surface area (Å²) in [5, 5.41) is 6.87. The quantitative estimate of drug-likeness (QED) is 0.204. The zero-order valence-electron chi connectivity index (χ0n) is 26.7. The standard InChI is InChI=1S/C36H45N5O5/c1-45-34-24-27(26-39-21-16-29(17-22-39)35(37)43)14-15-31(34)33(42)25-38-18-23-46-36(44)41(40-19-8-3-9-20-40)32-13-7-6-12-30(32)28-10-4-2-5-11-28/h2,4-7,10-15,24,29,38H,3,8-9,16-23,25-26H2,1H3,(H2,37,43). The Labute approximate surface area is 271 Å². The fourth-order valence-corrected chi connectivity index (χ4v) is 6.23. The van der Waals surface area contributed by atoms with Crippen molar-refractivity contribution in [3.63, 3.8) is 0 Å². The largest absolute Gasteiger partial charge is 0.496 e. The molecule has 0 unspecified atom stereocenters. The number of methoxy groups -OCH3 is 1. The minimum absolute atomic E-state index is 0.0493. The van der Waals surface area contributed by atoms with Gasteiger partial charge in [0.1, 0.15) is 12.4 Å². The second-order valence-corrected chi connectivity index (χ2v) is 11.9. The number of carbonyl (C=O) groups is 3. The van der Waals surface area contributed by atoms with Crippen molar-refractivity contribution in [1.29, 1.82) is 0 Å². The van der Waals surface area contributed by atoms with E-state index in [4.69, 9.17) is 15.2 Å². The summed E-state index contributed by atoms with van der Waals surface area (Å²) >= 11 is 0. The number of hydrogen-bond donors (Lipinski definition) is 2. The van der Waals surface area contributed by atoms with Gasteiger partial charge in [-0.2, -0.15) is 0 Å². The van der Waals surface area contributed by atoms with E-state index < -0.39 is 6.09 Å². The summed E-state index contributed by atoms with van der Waals surface area (Å²) in [6.07, 6.45) is 4.27. The summed E-state index contributed by atoms with van der Waals surface area (Å²) in [5.74, 6) is 0.146. The lowest BCUT2D eigenvalue weighted by molar-refractivity contribution is -0.123. The summed E-state index contributed by atoms with van der Waals surface area (Å²) in [5.41, 5.74) is 9.77. The maximum atomic E-state index is 13.6. The molecule has 2 fully saturated rings. The molecule has 0 radical (unpaired) electrons. The van der Waals surface area contributed by atoms with Gasteiger partial charge in [-0.15, -0.1) is 0 Å². The van der Waals surface area contributed by atoms with E-state index in [0.717, 1.165) is 80.7 Å². The number of nitrogens with one attached hydrogen (secondary N) is 1. The van der Waals surface area contributed by atoms with E-state index in [1.54, 1.807) is 18.2 Å². The smallest absolute Gasteiger partial charge is 0.429 e. The molecule has 10 nitrogen and oxygen atoms in total. The van der Waals surface area contributed by atoms with E-state index in [1.807, 2.05) is 66.7 Å². The molecule has 2 aliphatic rings. The van der Waals surface area contributed by atoms with Gasteiger partial charge < -0.3 is 20.5 Å². The van der Waals surface area contributed by atoms with Crippen LogP contribution >= 0.6 is 0 Å². The van der Waals surface area contributed by atoms with E-state index in [9.17, 15) is 14.4 Å². The van der Waals surface area contributed by atoms with E-state index in [1.165, 1.54) is 0 Å². The highest BCUT2D eigenvalue weighted by Gasteiger charge is 2.28. The highest BCUT2D eigenvalue weighted by atomic mass is 16.6. The minimum Gasteiger partial charge on any atom is -0.496 e. The number of rotatable bonds is 13. The molecule has 0 spiro atoms. The molecular weight excluding hydrogens is 582 g/mol. The predicted molar refractivity (Wildman–Crippen MR) is 179 cm³/mol.